The summed E-state index contributed by atoms with van der Waals surface area (Å²) in [6, 6.07) is 15.3. The minimum atomic E-state index is -0.160. The molecule has 0 aliphatic heterocycles. The van der Waals surface area contributed by atoms with E-state index < -0.39 is 0 Å². The van der Waals surface area contributed by atoms with Crippen molar-refractivity contribution in [2.75, 3.05) is 5.75 Å². The number of fused-ring (bicyclic) bond motifs is 1. The number of carbonyl (C=O) groups excluding carboxylic acids is 2. The van der Waals surface area contributed by atoms with Crippen molar-refractivity contribution in [2.45, 2.75) is 18.6 Å². The summed E-state index contributed by atoms with van der Waals surface area (Å²) >= 11 is 1.34. The van der Waals surface area contributed by atoms with Gasteiger partial charge in [0.05, 0.1) is 12.3 Å². The number of ketones is 1. The molecule has 2 aromatic carbocycles. The summed E-state index contributed by atoms with van der Waals surface area (Å²) in [5, 5.41) is 12.8. The molecule has 1 amide bonds. The van der Waals surface area contributed by atoms with Crippen LogP contribution >= 0.6 is 11.8 Å². The first-order valence-corrected chi connectivity index (χ1v) is 10.9. The van der Waals surface area contributed by atoms with Crippen LogP contribution in [0, 0.1) is 6.92 Å². The Morgan fingerprint density at radius 3 is 2.68 bits per heavy atom. The van der Waals surface area contributed by atoms with E-state index in [0.29, 0.717) is 22.1 Å². The van der Waals surface area contributed by atoms with E-state index in [-0.39, 0.29) is 24.0 Å². The van der Waals surface area contributed by atoms with Crippen LogP contribution in [0.3, 0.4) is 0 Å². The third-order valence-corrected chi connectivity index (χ3v) is 6.16. The fourth-order valence-corrected chi connectivity index (χ4v) is 4.26. The van der Waals surface area contributed by atoms with Crippen LogP contribution in [0.15, 0.2) is 59.9 Å². The predicted molar refractivity (Wildman–Crippen MR) is 121 cm³/mol. The topological polar surface area (TPSA) is 81.8 Å². The van der Waals surface area contributed by atoms with Gasteiger partial charge in [-0.05, 0) is 25.1 Å². The fourth-order valence-electron chi connectivity index (χ4n) is 3.44. The smallest absolute Gasteiger partial charge is 0.251 e. The van der Waals surface area contributed by atoms with Crippen molar-refractivity contribution in [2.24, 2.45) is 14.1 Å². The summed E-state index contributed by atoms with van der Waals surface area (Å²) in [7, 11) is 3.77. The molecule has 0 atom stereocenters. The lowest BCUT2D eigenvalue weighted by molar-refractivity contribution is 0.0948. The van der Waals surface area contributed by atoms with Crippen molar-refractivity contribution in [1.82, 2.24) is 24.6 Å². The molecule has 7 nitrogen and oxygen atoms in total. The lowest BCUT2D eigenvalue weighted by Crippen LogP contribution is -2.24. The van der Waals surface area contributed by atoms with Gasteiger partial charge < -0.3 is 14.5 Å². The van der Waals surface area contributed by atoms with Crippen molar-refractivity contribution in [3.05, 3.63) is 77.2 Å². The zero-order chi connectivity index (χ0) is 22.0. The summed E-state index contributed by atoms with van der Waals surface area (Å²) < 4.78 is 3.77. The number of benzene rings is 2. The Balaban J connectivity index is 1.39. The van der Waals surface area contributed by atoms with Crippen LogP contribution in [0.1, 0.15) is 32.1 Å². The highest BCUT2D eigenvalue weighted by atomic mass is 32.2. The molecule has 8 heteroatoms. The quantitative estimate of drug-likeness (QED) is 0.356. The number of rotatable bonds is 7. The number of para-hydroxylation sites is 1. The van der Waals surface area contributed by atoms with Gasteiger partial charge in [0.1, 0.15) is 0 Å². The molecular formula is C23H23N5O2S. The van der Waals surface area contributed by atoms with Crippen LogP contribution in [0.25, 0.3) is 10.9 Å². The maximum Gasteiger partial charge on any atom is 0.251 e. The molecular weight excluding hydrogens is 410 g/mol. The summed E-state index contributed by atoms with van der Waals surface area (Å²) in [6.45, 7) is 2.20. The van der Waals surface area contributed by atoms with Gasteiger partial charge in [-0.3, -0.25) is 9.59 Å². The van der Waals surface area contributed by atoms with Gasteiger partial charge in [0.15, 0.2) is 16.8 Å². The van der Waals surface area contributed by atoms with E-state index in [1.165, 1.54) is 11.8 Å². The van der Waals surface area contributed by atoms with Crippen molar-refractivity contribution < 1.29 is 9.59 Å². The number of Topliss-reactive ketones (excluding diaryl/α,β-unsaturated/α-hetero) is 1. The zero-order valence-corrected chi connectivity index (χ0v) is 18.4. The number of thioether (sulfide) groups is 1. The molecule has 158 valence electrons. The minimum Gasteiger partial charge on any atom is -0.350 e. The first-order valence-electron chi connectivity index (χ1n) is 9.87. The van der Waals surface area contributed by atoms with E-state index in [1.807, 2.05) is 74.2 Å². The number of amides is 1. The molecule has 2 heterocycles. The van der Waals surface area contributed by atoms with E-state index in [2.05, 4.69) is 15.5 Å². The van der Waals surface area contributed by atoms with Crippen LogP contribution in [-0.4, -0.2) is 36.8 Å². The van der Waals surface area contributed by atoms with Crippen LogP contribution < -0.4 is 5.32 Å². The number of hydrogen-bond donors (Lipinski definition) is 1. The summed E-state index contributed by atoms with van der Waals surface area (Å²) in [4.78, 5) is 25.2. The maximum absolute atomic E-state index is 12.8. The molecule has 2 aromatic heterocycles. The lowest BCUT2D eigenvalue weighted by Gasteiger charge is -2.06. The molecule has 4 rings (SSSR count). The Kier molecular flexibility index (Phi) is 5.90. The highest BCUT2D eigenvalue weighted by molar-refractivity contribution is 7.99. The normalized spacial score (nSPS) is 11.1. The molecule has 0 fully saturated rings. The molecule has 0 saturated heterocycles. The number of aryl methyl sites for hydroxylation is 2. The molecule has 0 radical (unpaired) electrons. The lowest BCUT2D eigenvalue weighted by atomic mass is 10.1. The molecule has 0 aliphatic rings. The van der Waals surface area contributed by atoms with Gasteiger partial charge in [-0.15, -0.1) is 10.2 Å². The monoisotopic (exact) mass is 433 g/mol. The highest BCUT2D eigenvalue weighted by Gasteiger charge is 2.17. The van der Waals surface area contributed by atoms with Crippen LogP contribution in [0.5, 0.6) is 0 Å². The first kappa shape index (κ1) is 20.9. The van der Waals surface area contributed by atoms with Gasteiger partial charge in [0.2, 0.25) is 0 Å². The largest absolute Gasteiger partial charge is 0.350 e. The standard InChI is InChI=1S/C23H23N5O2S/c1-15-7-6-8-16(11-15)22(30)24-12-21-25-26-23(28(21)3)31-14-20(29)18-13-27(2)19-10-5-4-9-17(18)19/h4-11,13H,12,14H2,1-3H3,(H,24,30). The number of hydrogen-bond acceptors (Lipinski definition) is 5. The van der Waals surface area contributed by atoms with E-state index in [1.54, 1.807) is 10.6 Å². The van der Waals surface area contributed by atoms with Crippen LogP contribution in [-0.2, 0) is 20.6 Å². The van der Waals surface area contributed by atoms with E-state index in [0.717, 1.165) is 16.5 Å². The Bertz CT molecular complexity index is 1270. The summed E-state index contributed by atoms with van der Waals surface area (Å²) in [5.41, 5.74) is 3.37. The predicted octanol–water partition coefficient (Wildman–Crippen LogP) is 3.52. The molecule has 0 saturated carbocycles. The van der Waals surface area contributed by atoms with Crippen molar-refractivity contribution in [3.63, 3.8) is 0 Å². The maximum atomic E-state index is 12.8. The minimum absolute atomic E-state index is 0.0408. The molecule has 0 aliphatic carbocycles. The van der Waals surface area contributed by atoms with Gasteiger partial charge in [0, 0.05) is 42.3 Å². The Labute approximate surface area is 184 Å². The van der Waals surface area contributed by atoms with E-state index in [9.17, 15) is 9.59 Å². The van der Waals surface area contributed by atoms with Crippen molar-refractivity contribution >= 4 is 34.4 Å². The van der Waals surface area contributed by atoms with Crippen molar-refractivity contribution in [3.8, 4) is 0 Å². The SMILES string of the molecule is Cc1cccc(C(=O)NCc2nnc(SCC(=O)c3cn(C)c4ccccc34)n2C)c1. The average Bonchev–Trinajstić information content (AvgIpc) is 3.30. The first-order chi connectivity index (χ1) is 14.9. The summed E-state index contributed by atoms with van der Waals surface area (Å²) in [5.74, 6) is 0.766. The Morgan fingerprint density at radius 1 is 1.06 bits per heavy atom. The van der Waals surface area contributed by atoms with Gasteiger partial charge in [-0.25, -0.2) is 0 Å². The number of aromatic nitrogens is 4. The van der Waals surface area contributed by atoms with Crippen LogP contribution in [0.2, 0.25) is 0 Å². The third kappa shape index (κ3) is 4.39. The molecule has 0 unspecified atom stereocenters. The molecule has 4 aromatic rings. The Morgan fingerprint density at radius 2 is 1.87 bits per heavy atom. The summed E-state index contributed by atoms with van der Waals surface area (Å²) in [6.07, 6.45) is 1.87. The third-order valence-electron chi connectivity index (χ3n) is 5.14. The van der Waals surface area contributed by atoms with Gasteiger partial charge in [-0.1, -0.05) is 47.7 Å². The van der Waals surface area contributed by atoms with Crippen LogP contribution in [0.4, 0.5) is 0 Å². The second-order valence-corrected chi connectivity index (χ2v) is 8.34. The molecule has 0 spiro atoms. The number of nitrogens with zero attached hydrogens (tertiary/aromatic N) is 4. The molecule has 31 heavy (non-hydrogen) atoms. The van der Waals surface area contributed by atoms with Crippen molar-refractivity contribution in [1.29, 1.82) is 0 Å². The van der Waals surface area contributed by atoms with Gasteiger partial charge >= 0.3 is 0 Å². The van der Waals surface area contributed by atoms with E-state index >= 15 is 0 Å². The Hall–Kier alpha value is -3.39. The number of carbonyl (C=O) groups is 2. The molecule has 1 N–H and O–H groups in total. The second kappa shape index (κ2) is 8.77. The molecule has 0 bridgehead atoms. The highest BCUT2D eigenvalue weighted by Crippen LogP contribution is 2.24. The number of nitrogens with one attached hydrogen (secondary N) is 1. The van der Waals surface area contributed by atoms with E-state index in [4.69, 9.17) is 0 Å². The fraction of sp³-hybridized carbons (Fsp3) is 0.217. The average molecular weight is 434 g/mol. The van der Waals surface area contributed by atoms with Gasteiger partial charge in [0.25, 0.3) is 5.91 Å². The van der Waals surface area contributed by atoms with Gasteiger partial charge in [-0.2, -0.15) is 0 Å². The second-order valence-electron chi connectivity index (χ2n) is 7.39. The zero-order valence-electron chi connectivity index (χ0n) is 17.6.